The highest BCUT2D eigenvalue weighted by Crippen LogP contribution is 2.31. The van der Waals surface area contributed by atoms with Crippen molar-refractivity contribution in [3.63, 3.8) is 0 Å². The fraction of sp³-hybridized carbons (Fsp3) is 0.238. The zero-order valence-corrected chi connectivity index (χ0v) is 18.1. The summed E-state index contributed by atoms with van der Waals surface area (Å²) in [7, 11) is -1.97. The fourth-order valence-corrected chi connectivity index (χ4v) is 5.40. The molecule has 0 N–H and O–H groups in total. The Hall–Kier alpha value is -1.99. The number of anilines is 1. The lowest BCUT2D eigenvalue weighted by atomic mass is 10.1. The Balaban J connectivity index is 1.54. The molecule has 0 aromatic heterocycles. The first-order chi connectivity index (χ1) is 13.9. The van der Waals surface area contributed by atoms with E-state index in [4.69, 9.17) is 27.9 Å². The van der Waals surface area contributed by atoms with Crippen molar-refractivity contribution in [2.45, 2.75) is 4.90 Å². The third-order valence-electron chi connectivity index (χ3n) is 5.14. The number of methoxy groups -OCH3 is 1. The van der Waals surface area contributed by atoms with Gasteiger partial charge in [0.2, 0.25) is 10.0 Å². The number of piperazine rings is 1. The second-order valence-electron chi connectivity index (χ2n) is 6.86. The van der Waals surface area contributed by atoms with Gasteiger partial charge in [0.1, 0.15) is 5.75 Å². The van der Waals surface area contributed by atoms with E-state index in [1.165, 1.54) is 4.31 Å². The van der Waals surface area contributed by atoms with Crippen molar-refractivity contribution in [1.29, 1.82) is 0 Å². The van der Waals surface area contributed by atoms with Crippen molar-refractivity contribution in [3.05, 3.63) is 64.6 Å². The van der Waals surface area contributed by atoms with Gasteiger partial charge in [0.05, 0.1) is 22.7 Å². The van der Waals surface area contributed by atoms with Gasteiger partial charge in [-0.25, -0.2) is 8.42 Å². The summed E-state index contributed by atoms with van der Waals surface area (Å²) < 4.78 is 33.1. The number of hydrogen-bond donors (Lipinski definition) is 0. The molecule has 3 aromatic rings. The third-order valence-corrected chi connectivity index (χ3v) is 7.59. The smallest absolute Gasteiger partial charge is 0.243 e. The molecule has 1 heterocycles. The summed E-state index contributed by atoms with van der Waals surface area (Å²) in [6, 6.07) is 16.1. The van der Waals surface area contributed by atoms with Gasteiger partial charge >= 0.3 is 0 Å². The summed E-state index contributed by atoms with van der Waals surface area (Å²) in [5.41, 5.74) is 0.830. The summed E-state index contributed by atoms with van der Waals surface area (Å²) in [5, 5.41) is 3.00. The molecule has 1 fully saturated rings. The van der Waals surface area contributed by atoms with Crippen LogP contribution in [0.5, 0.6) is 5.75 Å². The van der Waals surface area contributed by atoms with Crippen LogP contribution in [0.1, 0.15) is 0 Å². The van der Waals surface area contributed by atoms with E-state index in [2.05, 4.69) is 4.90 Å². The van der Waals surface area contributed by atoms with Gasteiger partial charge in [-0.1, -0.05) is 35.3 Å². The van der Waals surface area contributed by atoms with Crippen LogP contribution in [0.15, 0.2) is 59.5 Å². The van der Waals surface area contributed by atoms with Crippen LogP contribution >= 0.6 is 23.2 Å². The Bertz CT molecular complexity index is 1160. The number of ether oxygens (including phenoxy) is 1. The summed E-state index contributed by atoms with van der Waals surface area (Å²) >= 11 is 12.4. The average Bonchev–Trinajstić information content (AvgIpc) is 2.74. The van der Waals surface area contributed by atoms with Crippen molar-refractivity contribution >= 4 is 49.7 Å². The second kappa shape index (κ2) is 8.03. The lowest BCUT2D eigenvalue weighted by molar-refractivity contribution is 0.385. The zero-order chi connectivity index (χ0) is 20.6. The van der Waals surface area contributed by atoms with Crippen molar-refractivity contribution in [2.24, 2.45) is 0 Å². The Labute approximate surface area is 180 Å². The lowest BCUT2D eigenvalue weighted by Crippen LogP contribution is -2.48. The first-order valence-electron chi connectivity index (χ1n) is 9.16. The molecular weight excluding hydrogens is 431 g/mol. The highest BCUT2D eigenvalue weighted by Gasteiger charge is 2.29. The zero-order valence-electron chi connectivity index (χ0n) is 15.8. The standard InChI is InChI=1S/C21H20Cl2N2O3S/c1-28-18-5-2-16-13-19(6-3-15(16)12-18)29(26,27)25-10-8-24(9-11-25)21-14-17(22)4-7-20(21)23/h2-7,12-14H,8-11H2,1H3. The maximum Gasteiger partial charge on any atom is 0.243 e. The summed E-state index contributed by atoms with van der Waals surface area (Å²) in [6.45, 7) is 1.85. The van der Waals surface area contributed by atoms with Crippen LogP contribution in [0.4, 0.5) is 5.69 Å². The molecule has 3 aromatic carbocycles. The normalized spacial score (nSPS) is 15.6. The third kappa shape index (κ3) is 4.03. The predicted molar refractivity (Wildman–Crippen MR) is 118 cm³/mol. The topological polar surface area (TPSA) is 49.9 Å². The Morgan fingerprint density at radius 3 is 2.28 bits per heavy atom. The van der Waals surface area contributed by atoms with E-state index in [-0.39, 0.29) is 0 Å². The molecule has 0 radical (unpaired) electrons. The molecule has 4 rings (SSSR count). The number of benzene rings is 3. The van der Waals surface area contributed by atoms with E-state index in [1.807, 2.05) is 30.3 Å². The van der Waals surface area contributed by atoms with Crippen LogP contribution in [0.3, 0.4) is 0 Å². The Morgan fingerprint density at radius 1 is 0.862 bits per heavy atom. The molecule has 0 atom stereocenters. The molecule has 0 aliphatic carbocycles. The minimum absolute atomic E-state index is 0.296. The number of nitrogens with zero attached hydrogens (tertiary/aromatic N) is 2. The summed E-state index contributed by atoms with van der Waals surface area (Å²) in [4.78, 5) is 2.36. The molecule has 152 valence electrons. The maximum atomic E-state index is 13.2. The van der Waals surface area contributed by atoms with Crippen LogP contribution in [-0.4, -0.2) is 46.0 Å². The van der Waals surface area contributed by atoms with E-state index in [0.717, 1.165) is 22.2 Å². The fourth-order valence-electron chi connectivity index (χ4n) is 3.54. The Morgan fingerprint density at radius 2 is 1.55 bits per heavy atom. The van der Waals surface area contributed by atoms with Gasteiger partial charge in [-0.15, -0.1) is 0 Å². The lowest BCUT2D eigenvalue weighted by Gasteiger charge is -2.35. The SMILES string of the molecule is COc1ccc2cc(S(=O)(=O)N3CCN(c4cc(Cl)ccc4Cl)CC3)ccc2c1. The molecular formula is C21H20Cl2N2O3S. The monoisotopic (exact) mass is 450 g/mol. The molecule has 8 heteroatoms. The van der Waals surface area contributed by atoms with Gasteiger partial charge in [-0.3, -0.25) is 0 Å². The largest absolute Gasteiger partial charge is 0.497 e. The number of fused-ring (bicyclic) bond motifs is 1. The van der Waals surface area contributed by atoms with E-state index >= 15 is 0 Å². The quantitative estimate of drug-likeness (QED) is 0.579. The minimum atomic E-state index is -3.58. The molecule has 5 nitrogen and oxygen atoms in total. The predicted octanol–water partition coefficient (Wildman–Crippen LogP) is 4.67. The van der Waals surface area contributed by atoms with Gasteiger partial charge in [0.15, 0.2) is 0 Å². The van der Waals surface area contributed by atoms with Gasteiger partial charge in [-0.2, -0.15) is 4.31 Å². The number of halogens is 2. The minimum Gasteiger partial charge on any atom is -0.497 e. The summed E-state index contributed by atoms with van der Waals surface area (Å²) in [6.07, 6.45) is 0. The van der Waals surface area contributed by atoms with E-state index in [0.29, 0.717) is 41.1 Å². The number of sulfonamides is 1. The van der Waals surface area contributed by atoms with Gasteiger partial charge in [0, 0.05) is 31.2 Å². The van der Waals surface area contributed by atoms with Crippen molar-refractivity contribution < 1.29 is 13.2 Å². The van der Waals surface area contributed by atoms with Crippen LogP contribution in [-0.2, 0) is 10.0 Å². The maximum absolute atomic E-state index is 13.2. The molecule has 0 unspecified atom stereocenters. The molecule has 29 heavy (non-hydrogen) atoms. The van der Waals surface area contributed by atoms with Crippen molar-refractivity contribution in [3.8, 4) is 5.75 Å². The molecule has 1 aliphatic heterocycles. The average molecular weight is 451 g/mol. The molecule has 0 amide bonds. The molecule has 1 aliphatic rings. The molecule has 1 saturated heterocycles. The Kier molecular flexibility index (Phi) is 5.62. The van der Waals surface area contributed by atoms with Crippen LogP contribution in [0, 0.1) is 0 Å². The molecule has 0 spiro atoms. The van der Waals surface area contributed by atoms with Gasteiger partial charge in [-0.05, 0) is 53.2 Å². The molecule has 0 bridgehead atoms. The second-order valence-corrected chi connectivity index (χ2v) is 9.64. The number of rotatable bonds is 4. The first-order valence-corrected chi connectivity index (χ1v) is 11.4. The highest BCUT2D eigenvalue weighted by atomic mass is 35.5. The number of hydrogen-bond acceptors (Lipinski definition) is 4. The summed E-state index contributed by atoms with van der Waals surface area (Å²) in [5.74, 6) is 0.740. The van der Waals surface area contributed by atoms with E-state index in [1.54, 1.807) is 31.4 Å². The van der Waals surface area contributed by atoms with Crippen LogP contribution in [0.2, 0.25) is 10.0 Å². The molecule has 0 saturated carbocycles. The van der Waals surface area contributed by atoms with Crippen molar-refractivity contribution in [2.75, 3.05) is 38.2 Å². The van der Waals surface area contributed by atoms with Crippen LogP contribution < -0.4 is 9.64 Å². The van der Waals surface area contributed by atoms with Gasteiger partial charge in [0.25, 0.3) is 0 Å². The first kappa shape index (κ1) is 20.3. The van der Waals surface area contributed by atoms with Crippen LogP contribution in [0.25, 0.3) is 10.8 Å². The van der Waals surface area contributed by atoms with Gasteiger partial charge < -0.3 is 9.64 Å². The van der Waals surface area contributed by atoms with E-state index < -0.39 is 10.0 Å². The van der Waals surface area contributed by atoms with Crippen molar-refractivity contribution in [1.82, 2.24) is 4.31 Å². The highest BCUT2D eigenvalue weighted by molar-refractivity contribution is 7.89. The van der Waals surface area contributed by atoms with E-state index in [9.17, 15) is 8.42 Å².